The maximum atomic E-state index is 4.88. The number of aromatic amines is 1. The number of fused-ring (bicyclic) bond motifs is 2. The first-order chi connectivity index (χ1) is 13.3. The summed E-state index contributed by atoms with van der Waals surface area (Å²) in [7, 11) is 0. The van der Waals surface area contributed by atoms with Crippen molar-refractivity contribution in [1.82, 2.24) is 29.5 Å². The van der Waals surface area contributed by atoms with Crippen LogP contribution in [0.4, 0.5) is 5.82 Å². The highest BCUT2D eigenvalue weighted by molar-refractivity contribution is 5.82. The molecule has 132 valence electrons. The smallest absolute Gasteiger partial charge is 0.182 e. The molecule has 0 spiro atoms. The number of para-hydroxylation sites is 3. The van der Waals surface area contributed by atoms with Gasteiger partial charge in [0.15, 0.2) is 11.5 Å². The summed E-state index contributed by atoms with van der Waals surface area (Å²) < 4.78 is 2.18. The van der Waals surface area contributed by atoms with Crippen molar-refractivity contribution < 1.29 is 0 Å². The summed E-state index contributed by atoms with van der Waals surface area (Å²) in [5.74, 6) is 1.62. The predicted molar refractivity (Wildman–Crippen MR) is 105 cm³/mol. The zero-order valence-electron chi connectivity index (χ0n) is 14.7. The van der Waals surface area contributed by atoms with E-state index < -0.39 is 0 Å². The van der Waals surface area contributed by atoms with Gasteiger partial charge in [0.05, 0.1) is 23.4 Å². The predicted octanol–water partition coefficient (Wildman–Crippen LogP) is 3.86. The summed E-state index contributed by atoms with van der Waals surface area (Å²) >= 11 is 0. The maximum Gasteiger partial charge on any atom is 0.182 e. The lowest BCUT2D eigenvalue weighted by Crippen LogP contribution is -2.14. The second-order valence-electron chi connectivity index (χ2n) is 6.32. The summed E-state index contributed by atoms with van der Waals surface area (Å²) in [5, 5.41) is 3.45. The van der Waals surface area contributed by atoms with Crippen molar-refractivity contribution in [2.45, 2.75) is 13.0 Å². The van der Waals surface area contributed by atoms with Gasteiger partial charge >= 0.3 is 0 Å². The molecule has 0 bridgehead atoms. The van der Waals surface area contributed by atoms with E-state index in [2.05, 4.69) is 54.9 Å². The molecule has 2 N–H and O–H groups in total. The Hall–Kier alpha value is -3.74. The number of imidazole rings is 2. The molecule has 2 aromatic carbocycles. The lowest BCUT2D eigenvalue weighted by molar-refractivity contribution is 0.769. The molecule has 3 aromatic heterocycles. The third-order valence-corrected chi connectivity index (χ3v) is 4.56. The van der Waals surface area contributed by atoms with Gasteiger partial charge in [-0.2, -0.15) is 0 Å². The minimum absolute atomic E-state index is 0.0843. The number of nitrogens with one attached hydrogen (secondary N) is 2. The van der Waals surface area contributed by atoms with Crippen molar-refractivity contribution in [2.24, 2.45) is 0 Å². The minimum Gasteiger partial charge on any atom is -0.358 e. The fourth-order valence-electron chi connectivity index (χ4n) is 3.33. The van der Waals surface area contributed by atoms with E-state index in [1.165, 1.54) is 6.33 Å². The van der Waals surface area contributed by atoms with Crippen LogP contribution >= 0.6 is 0 Å². The number of anilines is 1. The summed E-state index contributed by atoms with van der Waals surface area (Å²) in [6.07, 6.45) is 3.13. The zero-order chi connectivity index (χ0) is 18.2. The lowest BCUT2D eigenvalue weighted by Gasteiger charge is -2.17. The molecule has 0 aliphatic carbocycles. The van der Waals surface area contributed by atoms with Crippen molar-refractivity contribution in [1.29, 1.82) is 0 Å². The van der Waals surface area contributed by atoms with Gasteiger partial charge < -0.3 is 10.3 Å². The van der Waals surface area contributed by atoms with Gasteiger partial charge in [-0.05, 0) is 31.2 Å². The third kappa shape index (κ3) is 2.60. The molecule has 0 aliphatic heterocycles. The fraction of sp³-hybridized carbons (Fsp3) is 0.100. The van der Waals surface area contributed by atoms with E-state index in [-0.39, 0.29) is 6.04 Å². The second kappa shape index (κ2) is 6.21. The van der Waals surface area contributed by atoms with Crippen LogP contribution in [0.1, 0.15) is 18.8 Å². The van der Waals surface area contributed by atoms with Gasteiger partial charge in [-0.1, -0.05) is 30.3 Å². The molecule has 1 atom stereocenters. The molecule has 0 fully saturated rings. The number of benzene rings is 2. The van der Waals surface area contributed by atoms with E-state index in [0.29, 0.717) is 11.5 Å². The van der Waals surface area contributed by atoms with Gasteiger partial charge in [0, 0.05) is 5.69 Å². The van der Waals surface area contributed by atoms with Crippen molar-refractivity contribution in [3.05, 3.63) is 73.1 Å². The third-order valence-electron chi connectivity index (χ3n) is 4.56. The topological polar surface area (TPSA) is 84.3 Å². The molecule has 0 amide bonds. The van der Waals surface area contributed by atoms with Gasteiger partial charge in [-0.25, -0.2) is 19.9 Å². The molecule has 7 heteroatoms. The van der Waals surface area contributed by atoms with E-state index in [4.69, 9.17) is 4.98 Å². The molecule has 0 unspecified atom stereocenters. The van der Waals surface area contributed by atoms with Gasteiger partial charge in [-0.3, -0.25) is 4.57 Å². The normalized spacial score (nSPS) is 12.5. The van der Waals surface area contributed by atoms with Gasteiger partial charge in [0.25, 0.3) is 0 Å². The van der Waals surface area contributed by atoms with E-state index in [1.54, 1.807) is 6.33 Å². The van der Waals surface area contributed by atoms with Crippen LogP contribution in [-0.4, -0.2) is 29.5 Å². The Morgan fingerprint density at radius 1 is 0.963 bits per heavy atom. The van der Waals surface area contributed by atoms with Crippen molar-refractivity contribution in [3.63, 3.8) is 0 Å². The Kier molecular flexibility index (Phi) is 3.57. The number of H-pyrrole nitrogens is 1. The van der Waals surface area contributed by atoms with Crippen LogP contribution in [0.5, 0.6) is 0 Å². The number of hydrogen-bond donors (Lipinski definition) is 2. The largest absolute Gasteiger partial charge is 0.358 e. The summed E-state index contributed by atoms with van der Waals surface area (Å²) in [6, 6.07) is 18.3. The average molecular weight is 355 g/mol. The highest BCUT2D eigenvalue weighted by Gasteiger charge is 2.19. The Bertz CT molecular complexity index is 1220. The summed E-state index contributed by atoms with van der Waals surface area (Å²) in [4.78, 5) is 20.7. The van der Waals surface area contributed by atoms with Crippen LogP contribution in [0.15, 0.2) is 67.3 Å². The van der Waals surface area contributed by atoms with Crippen molar-refractivity contribution in [2.75, 3.05) is 5.32 Å². The molecule has 3 heterocycles. The van der Waals surface area contributed by atoms with Crippen LogP contribution in [0.2, 0.25) is 0 Å². The Morgan fingerprint density at radius 3 is 2.67 bits per heavy atom. The van der Waals surface area contributed by atoms with Gasteiger partial charge in [0.1, 0.15) is 17.7 Å². The van der Waals surface area contributed by atoms with E-state index in [1.807, 2.05) is 36.4 Å². The fourth-order valence-corrected chi connectivity index (χ4v) is 3.33. The first-order valence-electron chi connectivity index (χ1n) is 8.74. The van der Waals surface area contributed by atoms with E-state index >= 15 is 0 Å². The quantitative estimate of drug-likeness (QED) is 0.511. The second-order valence-corrected chi connectivity index (χ2v) is 6.32. The van der Waals surface area contributed by atoms with Crippen LogP contribution in [0, 0.1) is 0 Å². The Balaban J connectivity index is 1.63. The Labute approximate surface area is 155 Å². The summed E-state index contributed by atoms with van der Waals surface area (Å²) in [5.41, 5.74) is 4.52. The van der Waals surface area contributed by atoms with Crippen LogP contribution in [0.25, 0.3) is 27.9 Å². The summed E-state index contributed by atoms with van der Waals surface area (Å²) in [6.45, 7) is 2.07. The molecule has 5 rings (SSSR count). The Morgan fingerprint density at radius 2 is 1.78 bits per heavy atom. The molecular weight excluding hydrogens is 338 g/mol. The minimum atomic E-state index is -0.0843. The van der Waals surface area contributed by atoms with Crippen molar-refractivity contribution >= 4 is 28.0 Å². The van der Waals surface area contributed by atoms with Crippen LogP contribution in [0.3, 0.4) is 0 Å². The number of hydrogen-bond acceptors (Lipinski definition) is 5. The zero-order valence-corrected chi connectivity index (χ0v) is 14.7. The molecule has 0 radical (unpaired) electrons. The lowest BCUT2D eigenvalue weighted by atomic mass is 10.2. The first kappa shape index (κ1) is 15.5. The first-order valence-corrected chi connectivity index (χ1v) is 8.74. The molecule has 27 heavy (non-hydrogen) atoms. The van der Waals surface area contributed by atoms with Crippen LogP contribution < -0.4 is 5.32 Å². The number of aromatic nitrogens is 6. The highest BCUT2D eigenvalue weighted by Crippen LogP contribution is 2.28. The molecule has 7 nitrogen and oxygen atoms in total. The van der Waals surface area contributed by atoms with Gasteiger partial charge in [0.2, 0.25) is 0 Å². The standard InChI is InChI=1S/C20H17N7/c1-13(25-19-17-18(22-11-21-17)23-12-24-19)20-26-15-9-5-6-10-16(15)27(20)14-7-3-2-4-8-14/h2-13H,1H3,(H2,21,22,23,24,25)/t13-/m0/s1. The molecular formula is C20H17N7. The number of nitrogens with zero attached hydrogens (tertiary/aromatic N) is 5. The van der Waals surface area contributed by atoms with E-state index in [9.17, 15) is 0 Å². The van der Waals surface area contributed by atoms with Crippen molar-refractivity contribution in [3.8, 4) is 5.69 Å². The van der Waals surface area contributed by atoms with E-state index in [0.717, 1.165) is 28.1 Å². The average Bonchev–Trinajstić information content (AvgIpc) is 3.34. The molecule has 0 saturated heterocycles. The number of rotatable bonds is 4. The molecule has 5 aromatic rings. The SMILES string of the molecule is C[C@H](Nc1ncnc2nc[nH]c12)c1nc2ccccc2n1-c1ccccc1. The van der Waals surface area contributed by atoms with Crippen LogP contribution in [-0.2, 0) is 0 Å². The highest BCUT2D eigenvalue weighted by atomic mass is 15.2. The maximum absolute atomic E-state index is 4.88. The molecule has 0 aliphatic rings. The molecule has 0 saturated carbocycles. The van der Waals surface area contributed by atoms with Gasteiger partial charge in [-0.15, -0.1) is 0 Å². The monoisotopic (exact) mass is 355 g/mol.